The standard InChI is InChI=1S/C16H18N4O2/c1-16(2,11-7-5-4-6-8-11)9-17-13-12-14(21-3)18-10-19-15(12)22-20-13/h4-8,10H,9H2,1-3H3,(H,17,20). The second-order valence-corrected chi connectivity index (χ2v) is 5.70. The number of nitrogens with zero attached hydrogens (tertiary/aromatic N) is 3. The SMILES string of the molecule is COc1ncnc2onc(NCC(C)(C)c3ccccc3)c12. The number of hydrogen-bond acceptors (Lipinski definition) is 6. The Morgan fingerprint density at radius 2 is 1.95 bits per heavy atom. The van der Waals surface area contributed by atoms with E-state index in [1.54, 1.807) is 7.11 Å². The summed E-state index contributed by atoms with van der Waals surface area (Å²) in [6, 6.07) is 10.3. The molecule has 0 unspecified atom stereocenters. The topological polar surface area (TPSA) is 73.1 Å². The fourth-order valence-electron chi connectivity index (χ4n) is 2.33. The second kappa shape index (κ2) is 5.63. The van der Waals surface area contributed by atoms with Gasteiger partial charge in [-0.15, -0.1) is 0 Å². The third kappa shape index (κ3) is 2.59. The number of rotatable bonds is 5. The molecule has 0 saturated carbocycles. The molecule has 1 N–H and O–H groups in total. The molecule has 1 aromatic carbocycles. The summed E-state index contributed by atoms with van der Waals surface area (Å²) >= 11 is 0. The molecule has 0 aliphatic heterocycles. The molecule has 0 spiro atoms. The van der Waals surface area contributed by atoms with Gasteiger partial charge in [0.2, 0.25) is 5.88 Å². The average Bonchev–Trinajstić information content (AvgIpc) is 2.97. The van der Waals surface area contributed by atoms with E-state index >= 15 is 0 Å². The van der Waals surface area contributed by atoms with E-state index in [0.29, 0.717) is 29.3 Å². The highest BCUT2D eigenvalue weighted by atomic mass is 16.5. The van der Waals surface area contributed by atoms with E-state index in [1.807, 2.05) is 18.2 Å². The van der Waals surface area contributed by atoms with Gasteiger partial charge in [0.1, 0.15) is 11.7 Å². The van der Waals surface area contributed by atoms with Crippen LogP contribution in [0.3, 0.4) is 0 Å². The number of anilines is 1. The molecular formula is C16H18N4O2. The maximum Gasteiger partial charge on any atom is 0.266 e. The van der Waals surface area contributed by atoms with Crippen LogP contribution in [-0.2, 0) is 5.41 Å². The molecule has 0 bridgehead atoms. The lowest BCUT2D eigenvalue weighted by Crippen LogP contribution is -2.27. The first-order valence-electron chi connectivity index (χ1n) is 7.05. The van der Waals surface area contributed by atoms with Crippen LogP contribution in [0.2, 0.25) is 0 Å². The van der Waals surface area contributed by atoms with Gasteiger partial charge in [-0.25, -0.2) is 4.98 Å². The Balaban J connectivity index is 1.85. The molecule has 0 fully saturated rings. The average molecular weight is 298 g/mol. The second-order valence-electron chi connectivity index (χ2n) is 5.70. The van der Waals surface area contributed by atoms with Crippen molar-refractivity contribution < 1.29 is 9.26 Å². The van der Waals surface area contributed by atoms with Gasteiger partial charge in [-0.1, -0.05) is 49.3 Å². The van der Waals surface area contributed by atoms with Crippen molar-refractivity contribution in [1.82, 2.24) is 15.1 Å². The van der Waals surface area contributed by atoms with Gasteiger partial charge in [-0.05, 0) is 5.56 Å². The predicted molar refractivity (Wildman–Crippen MR) is 84.1 cm³/mol. The molecular weight excluding hydrogens is 280 g/mol. The Kier molecular flexibility index (Phi) is 3.66. The van der Waals surface area contributed by atoms with E-state index in [9.17, 15) is 0 Å². The zero-order valence-corrected chi connectivity index (χ0v) is 12.8. The van der Waals surface area contributed by atoms with Crippen molar-refractivity contribution in [3.8, 4) is 5.88 Å². The summed E-state index contributed by atoms with van der Waals surface area (Å²) in [6.45, 7) is 5.04. The third-order valence-electron chi connectivity index (χ3n) is 3.68. The highest BCUT2D eigenvalue weighted by molar-refractivity contribution is 5.90. The van der Waals surface area contributed by atoms with Crippen molar-refractivity contribution >= 4 is 16.9 Å². The van der Waals surface area contributed by atoms with Gasteiger partial charge in [0.15, 0.2) is 5.82 Å². The minimum absolute atomic E-state index is 0.0601. The maximum atomic E-state index is 5.25. The van der Waals surface area contributed by atoms with E-state index in [0.717, 1.165) is 0 Å². The van der Waals surface area contributed by atoms with Gasteiger partial charge in [-0.2, -0.15) is 4.98 Å². The summed E-state index contributed by atoms with van der Waals surface area (Å²) in [5.41, 5.74) is 1.60. The number of aromatic nitrogens is 3. The monoisotopic (exact) mass is 298 g/mol. The lowest BCUT2D eigenvalue weighted by molar-refractivity contribution is 0.401. The van der Waals surface area contributed by atoms with Crippen molar-refractivity contribution in [2.24, 2.45) is 0 Å². The first-order valence-corrected chi connectivity index (χ1v) is 7.05. The Morgan fingerprint density at radius 1 is 1.18 bits per heavy atom. The van der Waals surface area contributed by atoms with Crippen molar-refractivity contribution in [3.05, 3.63) is 42.2 Å². The van der Waals surface area contributed by atoms with Crippen molar-refractivity contribution in [1.29, 1.82) is 0 Å². The molecule has 114 valence electrons. The van der Waals surface area contributed by atoms with E-state index in [-0.39, 0.29) is 5.41 Å². The summed E-state index contributed by atoms with van der Waals surface area (Å²) in [5.74, 6) is 1.04. The Bertz CT molecular complexity index is 768. The summed E-state index contributed by atoms with van der Waals surface area (Å²) in [6.07, 6.45) is 1.39. The quantitative estimate of drug-likeness (QED) is 0.780. The van der Waals surface area contributed by atoms with Crippen LogP contribution in [0, 0.1) is 0 Å². The zero-order valence-electron chi connectivity index (χ0n) is 12.8. The molecule has 6 heteroatoms. The van der Waals surface area contributed by atoms with E-state index in [4.69, 9.17) is 9.26 Å². The number of nitrogens with one attached hydrogen (secondary N) is 1. The summed E-state index contributed by atoms with van der Waals surface area (Å²) in [7, 11) is 1.56. The summed E-state index contributed by atoms with van der Waals surface area (Å²) in [4.78, 5) is 8.14. The van der Waals surface area contributed by atoms with Gasteiger partial charge in [0.05, 0.1) is 7.11 Å². The number of methoxy groups -OCH3 is 1. The van der Waals surface area contributed by atoms with Gasteiger partial charge in [-0.3, -0.25) is 0 Å². The summed E-state index contributed by atoms with van der Waals surface area (Å²) < 4.78 is 10.5. The van der Waals surface area contributed by atoms with Crippen molar-refractivity contribution in [2.45, 2.75) is 19.3 Å². The van der Waals surface area contributed by atoms with Crippen LogP contribution < -0.4 is 10.1 Å². The number of ether oxygens (including phenoxy) is 1. The normalized spacial score (nSPS) is 11.6. The molecule has 6 nitrogen and oxygen atoms in total. The fourth-order valence-corrected chi connectivity index (χ4v) is 2.33. The van der Waals surface area contributed by atoms with Gasteiger partial charge in [0.25, 0.3) is 5.71 Å². The number of benzene rings is 1. The molecule has 3 aromatic rings. The molecule has 0 aliphatic carbocycles. The third-order valence-corrected chi connectivity index (χ3v) is 3.68. The first-order chi connectivity index (χ1) is 10.6. The van der Waals surface area contributed by atoms with Crippen LogP contribution in [0.5, 0.6) is 5.88 Å². The lowest BCUT2D eigenvalue weighted by atomic mass is 9.84. The number of hydrogen-bond donors (Lipinski definition) is 1. The van der Waals surface area contributed by atoms with Crippen molar-refractivity contribution in [2.75, 3.05) is 19.0 Å². The Labute approximate surface area is 128 Å². The molecule has 2 heterocycles. The smallest absolute Gasteiger partial charge is 0.266 e. The van der Waals surface area contributed by atoms with Crippen LogP contribution in [0.1, 0.15) is 19.4 Å². The van der Waals surface area contributed by atoms with Gasteiger partial charge >= 0.3 is 0 Å². The van der Waals surface area contributed by atoms with E-state index < -0.39 is 0 Å². The molecule has 0 radical (unpaired) electrons. The highest BCUT2D eigenvalue weighted by Crippen LogP contribution is 2.30. The largest absolute Gasteiger partial charge is 0.480 e. The molecule has 22 heavy (non-hydrogen) atoms. The molecule has 0 amide bonds. The van der Waals surface area contributed by atoms with Crippen LogP contribution in [0.25, 0.3) is 11.1 Å². The number of fused-ring (bicyclic) bond motifs is 1. The maximum absolute atomic E-state index is 5.25. The highest BCUT2D eigenvalue weighted by Gasteiger charge is 2.22. The molecule has 3 rings (SSSR count). The predicted octanol–water partition coefficient (Wildman–Crippen LogP) is 3.02. The fraction of sp³-hybridized carbons (Fsp3) is 0.312. The zero-order chi connectivity index (χ0) is 15.6. The molecule has 0 atom stereocenters. The van der Waals surface area contributed by atoms with Gasteiger partial charge < -0.3 is 14.6 Å². The van der Waals surface area contributed by atoms with Crippen molar-refractivity contribution in [3.63, 3.8) is 0 Å². The molecule has 0 aliphatic rings. The lowest BCUT2D eigenvalue weighted by Gasteiger charge is -2.25. The molecule has 2 aromatic heterocycles. The minimum atomic E-state index is -0.0601. The first kappa shape index (κ1) is 14.3. The van der Waals surface area contributed by atoms with Crippen LogP contribution in [0.4, 0.5) is 5.82 Å². The Hall–Kier alpha value is -2.63. The van der Waals surface area contributed by atoms with Crippen LogP contribution >= 0.6 is 0 Å². The summed E-state index contributed by atoms with van der Waals surface area (Å²) in [5, 5.41) is 8.01. The molecule has 0 saturated heterocycles. The van der Waals surface area contributed by atoms with Gasteiger partial charge in [0, 0.05) is 12.0 Å². The van der Waals surface area contributed by atoms with E-state index in [2.05, 4.69) is 46.4 Å². The van der Waals surface area contributed by atoms with Crippen LogP contribution in [0.15, 0.2) is 41.2 Å². The van der Waals surface area contributed by atoms with Crippen LogP contribution in [-0.4, -0.2) is 28.8 Å². The minimum Gasteiger partial charge on any atom is -0.480 e. The Morgan fingerprint density at radius 3 is 2.68 bits per heavy atom. The van der Waals surface area contributed by atoms with E-state index in [1.165, 1.54) is 11.9 Å².